The number of rotatable bonds is 8. The third-order valence-corrected chi connectivity index (χ3v) is 5.47. The summed E-state index contributed by atoms with van der Waals surface area (Å²) >= 11 is 0. The largest absolute Gasteiger partial charge is 0.474 e. The molecule has 3 rings (SSSR count). The van der Waals surface area contributed by atoms with E-state index in [2.05, 4.69) is 15.0 Å². The predicted octanol–water partition coefficient (Wildman–Crippen LogP) is 2.99. The number of carbonyl (C=O) groups excluding carboxylic acids is 1. The molecule has 0 radical (unpaired) electrons. The molecule has 1 aromatic carbocycles. The van der Waals surface area contributed by atoms with Gasteiger partial charge in [0.2, 0.25) is 11.5 Å². The van der Waals surface area contributed by atoms with Crippen molar-refractivity contribution in [3.8, 4) is 5.88 Å². The van der Waals surface area contributed by atoms with Crippen molar-refractivity contribution in [3.63, 3.8) is 0 Å². The number of ether oxygens (including phenoxy) is 3. The van der Waals surface area contributed by atoms with Gasteiger partial charge in [0.15, 0.2) is 5.78 Å². The maximum absolute atomic E-state index is 14.7. The Kier molecular flexibility index (Phi) is 7.22. The lowest BCUT2D eigenvalue weighted by atomic mass is 9.88. The molecule has 2 aromatic rings. The van der Waals surface area contributed by atoms with Crippen LogP contribution >= 0.6 is 0 Å². The van der Waals surface area contributed by atoms with E-state index in [0.29, 0.717) is 12.2 Å². The summed E-state index contributed by atoms with van der Waals surface area (Å²) in [6.45, 7) is 2.26. The topological polar surface area (TPSA) is 109 Å². The van der Waals surface area contributed by atoms with Crippen LogP contribution in [0.4, 0.5) is 17.6 Å². The minimum Gasteiger partial charge on any atom is -0.474 e. The number of nitrogens with zero attached hydrogens (tertiary/aromatic N) is 3. The molecule has 2 atom stereocenters. The number of Topliss-reactive ketones (excluding diaryl/α,β-unsaturated/α-hetero) is 1. The molecule has 8 nitrogen and oxygen atoms in total. The van der Waals surface area contributed by atoms with Gasteiger partial charge in [-0.05, 0) is 31.5 Å². The van der Waals surface area contributed by atoms with E-state index in [1.165, 1.54) is 38.6 Å². The monoisotopic (exact) mass is 484 g/mol. The Bertz CT molecular complexity index is 1080. The first-order valence-corrected chi connectivity index (χ1v) is 10.2. The molecule has 0 unspecified atom stereocenters. The fraction of sp³-hybridized carbons (Fsp3) is 0.455. The molecule has 0 saturated carbocycles. The molecular weight excluding hydrogens is 460 g/mol. The van der Waals surface area contributed by atoms with Gasteiger partial charge in [-0.3, -0.25) is 9.79 Å². The van der Waals surface area contributed by atoms with Gasteiger partial charge >= 0.3 is 6.18 Å². The zero-order chi connectivity index (χ0) is 25.1. The average Bonchev–Trinajstić information content (AvgIpc) is 2.77. The van der Waals surface area contributed by atoms with E-state index in [0.717, 1.165) is 13.0 Å². The minimum absolute atomic E-state index is 0.0436. The summed E-state index contributed by atoms with van der Waals surface area (Å²) < 4.78 is 70.0. The number of aromatic nitrogens is 2. The lowest BCUT2D eigenvalue weighted by Crippen LogP contribution is -2.60. The lowest BCUT2D eigenvalue weighted by Gasteiger charge is -2.41. The van der Waals surface area contributed by atoms with Gasteiger partial charge < -0.3 is 19.9 Å². The van der Waals surface area contributed by atoms with Crippen molar-refractivity contribution in [2.75, 3.05) is 26.9 Å². The van der Waals surface area contributed by atoms with E-state index in [4.69, 9.17) is 19.9 Å². The van der Waals surface area contributed by atoms with Crippen molar-refractivity contribution < 1.29 is 36.6 Å². The molecule has 0 saturated heterocycles. The number of amidine groups is 1. The van der Waals surface area contributed by atoms with Crippen molar-refractivity contribution in [2.24, 2.45) is 10.7 Å². The Morgan fingerprint density at radius 1 is 1.21 bits per heavy atom. The highest BCUT2D eigenvalue weighted by Crippen LogP contribution is 2.41. The normalized spacial score (nSPS) is 22.9. The third-order valence-electron chi connectivity index (χ3n) is 5.47. The van der Waals surface area contributed by atoms with Crippen LogP contribution in [-0.2, 0) is 21.4 Å². The van der Waals surface area contributed by atoms with Gasteiger partial charge in [0.05, 0.1) is 25.6 Å². The summed E-state index contributed by atoms with van der Waals surface area (Å²) in [4.78, 5) is 24.6. The van der Waals surface area contributed by atoms with Crippen molar-refractivity contribution in [2.45, 2.75) is 37.6 Å². The number of carbonyl (C=O) groups is 1. The molecule has 1 aliphatic rings. The highest BCUT2D eigenvalue weighted by molar-refractivity contribution is 5.95. The summed E-state index contributed by atoms with van der Waals surface area (Å²) in [6.07, 6.45) is -2.38. The number of alkyl halides is 3. The van der Waals surface area contributed by atoms with Crippen LogP contribution in [0.15, 0.2) is 35.6 Å². The second-order valence-corrected chi connectivity index (χ2v) is 8.09. The van der Waals surface area contributed by atoms with Crippen molar-refractivity contribution >= 4 is 11.6 Å². The average molecular weight is 484 g/mol. The Morgan fingerprint density at radius 2 is 1.94 bits per heavy atom. The van der Waals surface area contributed by atoms with Crippen LogP contribution in [0.5, 0.6) is 5.88 Å². The van der Waals surface area contributed by atoms with Gasteiger partial charge in [0.25, 0.3) is 0 Å². The second kappa shape index (κ2) is 9.63. The first-order valence-electron chi connectivity index (χ1n) is 10.2. The lowest BCUT2D eigenvalue weighted by molar-refractivity contribution is -0.249. The quantitative estimate of drug-likeness (QED) is 0.349. The number of benzene rings is 1. The zero-order valence-electron chi connectivity index (χ0n) is 18.8. The van der Waals surface area contributed by atoms with Gasteiger partial charge in [-0.15, -0.1) is 0 Å². The number of aliphatic imine (C=N–C) groups is 1. The van der Waals surface area contributed by atoms with E-state index in [9.17, 15) is 22.4 Å². The maximum atomic E-state index is 14.7. The number of hydrogen-bond donors (Lipinski definition) is 1. The molecule has 12 heteroatoms. The Hall–Kier alpha value is -3.12. The molecule has 34 heavy (non-hydrogen) atoms. The van der Waals surface area contributed by atoms with E-state index in [1.54, 1.807) is 0 Å². The summed E-state index contributed by atoms with van der Waals surface area (Å²) in [5.74, 6) is -1.69. The Labute approximate surface area is 193 Å². The van der Waals surface area contributed by atoms with Gasteiger partial charge in [-0.1, -0.05) is 6.07 Å². The molecule has 0 aliphatic carbocycles. The first-order chi connectivity index (χ1) is 15.9. The smallest absolute Gasteiger partial charge is 0.424 e. The molecule has 2 heterocycles. The van der Waals surface area contributed by atoms with Crippen LogP contribution in [0, 0.1) is 5.82 Å². The fourth-order valence-corrected chi connectivity index (χ4v) is 3.26. The Morgan fingerprint density at radius 3 is 2.53 bits per heavy atom. The van der Waals surface area contributed by atoms with Gasteiger partial charge in [0, 0.05) is 19.1 Å². The van der Waals surface area contributed by atoms with E-state index < -0.39 is 41.4 Å². The molecule has 2 N–H and O–H groups in total. The van der Waals surface area contributed by atoms with Gasteiger partial charge in [0.1, 0.15) is 29.5 Å². The first kappa shape index (κ1) is 25.5. The molecule has 1 aromatic heterocycles. The van der Waals surface area contributed by atoms with Gasteiger partial charge in [-0.2, -0.15) is 13.2 Å². The van der Waals surface area contributed by atoms with Crippen LogP contribution in [0.25, 0.3) is 0 Å². The third kappa shape index (κ3) is 5.17. The SMILES string of the molecule is COCCOc1cnc(C(=O)Cc2ccc(F)c([C@]3(C)CO[C@@](C)(C(F)(F)F)C(N)=N3)c2)cn1. The summed E-state index contributed by atoms with van der Waals surface area (Å²) in [7, 11) is 1.53. The van der Waals surface area contributed by atoms with Crippen molar-refractivity contribution in [3.05, 3.63) is 53.2 Å². The van der Waals surface area contributed by atoms with Crippen LogP contribution in [0.3, 0.4) is 0 Å². The van der Waals surface area contributed by atoms with E-state index in [-0.39, 0.29) is 30.2 Å². The number of nitrogens with two attached hydrogens (primary N) is 1. The number of ketones is 1. The molecule has 1 aliphatic heterocycles. The second-order valence-electron chi connectivity index (χ2n) is 8.09. The molecule has 184 valence electrons. The van der Waals surface area contributed by atoms with Crippen molar-refractivity contribution in [1.82, 2.24) is 9.97 Å². The van der Waals surface area contributed by atoms with E-state index >= 15 is 0 Å². The standard InChI is InChI=1S/C22H24F4N4O4/c1-20(12-34-21(2,19(27)30-20)22(24,25)26)14-8-13(4-5-15(14)23)9-17(31)16-10-29-18(11-28-16)33-7-6-32-3/h4-5,8,10-11H,6-7,9,12H2,1-3H3,(H2,27,30)/t20-,21+/m0/s1. The Balaban J connectivity index is 1.80. The van der Waals surface area contributed by atoms with Gasteiger partial charge in [-0.25, -0.2) is 14.4 Å². The highest BCUT2D eigenvalue weighted by Gasteiger charge is 2.59. The van der Waals surface area contributed by atoms with Crippen LogP contribution < -0.4 is 10.5 Å². The molecular formula is C22H24F4N4O4. The van der Waals surface area contributed by atoms with Crippen LogP contribution in [0.2, 0.25) is 0 Å². The van der Waals surface area contributed by atoms with E-state index in [1.807, 2.05) is 0 Å². The van der Waals surface area contributed by atoms with Crippen molar-refractivity contribution in [1.29, 1.82) is 0 Å². The minimum atomic E-state index is -4.79. The zero-order valence-corrected chi connectivity index (χ0v) is 18.8. The number of hydrogen-bond acceptors (Lipinski definition) is 8. The summed E-state index contributed by atoms with van der Waals surface area (Å²) in [5.41, 5.74) is 1.75. The van der Waals surface area contributed by atoms with Crippen LogP contribution in [0.1, 0.15) is 35.5 Å². The molecule has 0 amide bonds. The molecule has 0 fully saturated rings. The predicted molar refractivity (Wildman–Crippen MR) is 113 cm³/mol. The van der Waals surface area contributed by atoms with Crippen LogP contribution in [-0.4, -0.2) is 60.3 Å². The highest BCUT2D eigenvalue weighted by atomic mass is 19.4. The number of halogens is 4. The number of methoxy groups -OCH3 is 1. The summed E-state index contributed by atoms with van der Waals surface area (Å²) in [6, 6.07) is 3.87. The maximum Gasteiger partial charge on any atom is 0.424 e. The fourth-order valence-electron chi connectivity index (χ4n) is 3.26. The molecule has 0 bridgehead atoms. The molecule has 0 spiro atoms. The summed E-state index contributed by atoms with van der Waals surface area (Å²) in [5, 5.41) is 0.